The first-order chi connectivity index (χ1) is 9.29. The molecule has 0 N–H and O–H groups in total. The van der Waals surface area contributed by atoms with Crippen LogP contribution in [0.25, 0.3) is 10.9 Å². The molecular weight excluding hydrogens is 234 g/mol. The number of hydrogen-bond acceptors (Lipinski definition) is 2. The number of aromatic nitrogens is 1. The van der Waals surface area contributed by atoms with Gasteiger partial charge in [0.1, 0.15) is 5.78 Å². The van der Waals surface area contributed by atoms with Crippen molar-refractivity contribution >= 4 is 16.7 Å². The zero-order valence-electron chi connectivity index (χ0n) is 11.6. The van der Waals surface area contributed by atoms with Gasteiger partial charge in [-0.2, -0.15) is 0 Å². The number of carbonyl (C=O) groups is 1. The highest BCUT2D eigenvalue weighted by Crippen LogP contribution is 2.15. The molecule has 0 fully saturated rings. The first kappa shape index (κ1) is 13.7. The predicted molar refractivity (Wildman–Crippen MR) is 79.2 cm³/mol. The van der Waals surface area contributed by atoms with E-state index in [4.69, 9.17) is 0 Å². The maximum Gasteiger partial charge on any atom is 0.133 e. The third kappa shape index (κ3) is 4.16. The average Bonchev–Trinajstić information content (AvgIpc) is 2.45. The fourth-order valence-electron chi connectivity index (χ4n) is 2.26. The third-order valence-corrected chi connectivity index (χ3v) is 3.42. The number of pyridine rings is 1. The summed E-state index contributed by atoms with van der Waals surface area (Å²) in [6.45, 7) is 2.16. The van der Waals surface area contributed by atoms with Crippen LogP contribution in [0.3, 0.4) is 0 Å². The summed E-state index contributed by atoms with van der Waals surface area (Å²) in [4.78, 5) is 16.0. The van der Waals surface area contributed by atoms with Gasteiger partial charge in [0.2, 0.25) is 0 Å². The van der Waals surface area contributed by atoms with Crippen molar-refractivity contribution in [1.29, 1.82) is 0 Å². The Hall–Kier alpha value is -1.70. The average molecular weight is 255 g/mol. The molecule has 0 amide bonds. The van der Waals surface area contributed by atoms with Crippen molar-refractivity contribution < 1.29 is 4.79 Å². The van der Waals surface area contributed by atoms with E-state index in [1.807, 2.05) is 12.1 Å². The van der Waals surface area contributed by atoms with E-state index in [1.54, 1.807) is 6.20 Å². The summed E-state index contributed by atoms with van der Waals surface area (Å²) in [5.41, 5.74) is 2.24. The van der Waals surface area contributed by atoms with Gasteiger partial charge in [-0.25, -0.2) is 0 Å². The maximum absolute atomic E-state index is 11.7. The largest absolute Gasteiger partial charge is 0.300 e. The van der Waals surface area contributed by atoms with Crippen LogP contribution in [0.1, 0.15) is 44.6 Å². The van der Waals surface area contributed by atoms with Crippen LogP contribution in [0, 0.1) is 0 Å². The van der Waals surface area contributed by atoms with E-state index in [2.05, 4.69) is 30.1 Å². The van der Waals surface area contributed by atoms with Crippen LogP contribution >= 0.6 is 0 Å². The second-order valence-electron chi connectivity index (χ2n) is 5.03. The smallest absolute Gasteiger partial charge is 0.133 e. The standard InChI is InChI=1S/C17H21NO/c1-2-3-4-7-16(19)10-8-14-9-11-17-15(13-14)6-5-12-18-17/h5-6,9,11-13H,2-4,7-8,10H2,1H3. The fraction of sp³-hybridized carbons (Fsp3) is 0.412. The van der Waals surface area contributed by atoms with Crippen molar-refractivity contribution in [3.8, 4) is 0 Å². The van der Waals surface area contributed by atoms with E-state index in [9.17, 15) is 4.79 Å². The molecule has 1 aromatic heterocycles. The Morgan fingerprint density at radius 2 is 2.05 bits per heavy atom. The first-order valence-corrected chi connectivity index (χ1v) is 7.15. The molecule has 2 nitrogen and oxygen atoms in total. The summed E-state index contributed by atoms with van der Waals surface area (Å²) in [5, 5.41) is 1.15. The predicted octanol–water partition coefficient (Wildman–Crippen LogP) is 4.32. The quantitative estimate of drug-likeness (QED) is 0.690. The molecular formula is C17H21NO. The van der Waals surface area contributed by atoms with E-state index in [-0.39, 0.29) is 0 Å². The molecule has 0 bridgehead atoms. The van der Waals surface area contributed by atoms with Gasteiger partial charge in [0.15, 0.2) is 0 Å². The Balaban J connectivity index is 1.89. The second-order valence-corrected chi connectivity index (χ2v) is 5.03. The Morgan fingerprint density at radius 1 is 1.16 bits per heavy atom. The summed E-state index contributed by atoms with van der Waals surface area (Å²) in [5.74, 6) is 0.389. The van der Waals surface area contributed by atoms with E-state index in [1.165, 1.54) is 12.0 Å². The molecule has 2 aromatic rings. The topological polar surface area (TPSA) is 30.0 Å². The lowest BCUT2D eigenvalue weighted by Gasteiger charge is -2.03. The highest BCUT2D eigenvalue weighted by molar-refractivity contribution is 5.80. The number of benzene rings is 1. The van der Waals surface area contributed by atoms with Crippen molar-refractivity contribution in [3.63, 3.8) is 0 Å². The van der Waals surface area contributed by atoms with Crippen LogP contribution in [0.5, 0.6) is 0 Å². The molecule has 1 aromatic carbocycles. The molecule has 0 unspecified atom stereocenters. The lowest BCUT2D eigenvalue weighted by atomic mass is 10.0. The molecule has 0 aliphatic carbocycles. The molecule has 100 valence electrons. The van der Waals surface area contributed by atoms with Crippen molar-refractivity contribution in [2.75, 3.05) is 0 Å². The minimum atomic E-state index is 0.389. The van der Waals surface area contributed by atoms with E-state index < -0.39 is 0 Å². The van der Waals surface area contributed by atoms with Gasteiger partial charge in [0.25, 0.3) is 0 Å². The number of ketones is 1. The Labute approximate surface area is 114 Å². The summed E-state index contributed by atoms with van der Waals surface area (Å²) >= 11 is 0. The third-order valence-electron chi connectivity index (χ3n) is 3.42. The highest BCUT2D eigenvalue weighted by Gasteiger charge is 2.03. The van der Waals surface area contributed by atoms with Crippen LogP contribution in [0.15, 0.2) is 36.5 Å². The van der Waals surface area contributed by atoms with Gasteiger partial charge in [-0.3, -0.25) is 9.78 Å². The number of hydrogen-bond donors (Lipinski definition) is 0. The van der Waals surface area contributed by atoms with E-state index in [0.29, 0.717) is 12.2 Å². The summed E-state index contributed by atoms with van der Waals surface area (Å²) in [7, 11) is 0. The number of fused-ring (bicyclic) bond motifs is 1. The van der Waals surface area contributed by atoms with Crippen LogP contribution in [-0.4, -0.2) is 10.8 Å². The normalized spacial score (nSPS) is 10.8. The molecule has 0 saturated carbocycles. The van der Waals surface area contributed by atoms with Crippen LogP contribution < -0.4 is 0 Å². The highest BCUT2D eigenvalue weighted by atomic mass is 16.1. The van der Waals surface area contributed by atoms with Gasteiger partial charge in [0.05, 0.1) is 5.52 Å². The monoisotopic (exact) mass is 255 g/mol. The minimum absolute atomic E-state index is 0.389. The van der Waals surface area contributed by atoms with E-state index in [0.717, 1.165) is 36.6 Å². The van der Waals surface area contributed by atoms with Gasteiger partial charge in [0, 0.05) is 24.4 Å². The maximum atomic E-state index is 11.7. The van der Waals surface area contributed by atoms with Gasteiger partial charge in [-0.05, 0) is 36.6 Å². The molecule has 0 saturated heterocycles. The summed E-state index contributed by atoms with van der Waals surface area (Å²) < 4.78 is 0. The van der Waals surface area contributed by atoms with Gasteiger partial charge in [-0.15, -0.1) is 0 Å². The molecule has 0 aliphatic rings. The van der Waals surface area contributed by atoms with Crippen molar-refractivity contribution in [3.05, 3.63) is 42.1 Å². The molecule has 2 heteroatoms. The number of unbranched alkanes of at least 4 members (excludes halogenated alkanes) is 2. The molecule has 2 rings (SSSR count). The van der Waals surface area contributed by atoms with Gasteiger partial charge < -0.3 is 0 Å². The number of rotatable bonds is 7. The lowest BCUT2D eigenvalue weighted by Crippen LogP contribution is -2.00. The molecule has 1 heterocycles. The number of Topliss-reactive ketones (excluding diaryl/α,β-unsaturated/α-hetero) is 1. The van der Waals surface area contributed by atoms with E-state index >= 15 is 0 Å². The zero-order chi connectivity index (χ0) is 13.5. The second kappa shape index (κ2) is 7.03. The SMILES string of the molecule is CCCCCC(=O)CCc1ccc2ncccc2c1. The minimum Gasteiger partial charge on any atom is -0.300 e. The fourth-order valence-corrected chi connectivity index (χ4v) is 2.26. The number of carbonyl (C=O) groups excluding carboxylic acids is 1. The first-order valence-electron chi connectivity index (χ1n) is 7.15. The molecule has 0 radical (unpaired) electrons. The number of aryl methyl sites for hydroxylation is 1. The van der Waals surface area contributed by atoms with Crippen LogP contribution in [-0.2, 0) is 11.2 Å². The molecule has 0 atom stereocenters. The molecule has 19 heavy (non-hydrogen) atoms. The number of nitrogens with zero attached hydrogens (tertiary/aromatic N) is 1. The molecule has 0 aliphatic heterocycles. The lowest BCUT2D eigenvalue weighted by molar-refractivity contribution is -0.119. The van der Waals surface area contributed by atoms with Crippen LogP contribution in [0.4, 0.5) is 0 Å². The Kier molecular flexibility index (Phi) is 5.08. The summed E-state index contributed by atoms with van der Waals surface area (Å²) in [6, 6.07) is 10.3. The van der Waals surface area contributed by atoms with Gasteiger partial charge >= 0.3 is 0 Å². The zero-order valence-corrected chi connectivity index (χ0v) is 11.6. The van der Waals surface area contributed by atoms with Crippen molar-refractivity contribution in [1.82, 2.24) is 4.98 Å². The van der Waals surface area contributed by atoms with Crippen molar-refractivity contribution in [2.24, 2.45) is 0 Å². The van der Waals surface area contributed by atoms with Gasteiger partial charge in [-0.1, -0.05) is 31.9 Å². The Bertz CT molecular complexity index is 548. The molecule has 0 spiro atoms. The van der Waals surface area contributed by atoms with Crippen molar-refractivity contribution in [2.45, 2.75) is 45.4 Å². The Morgan fingerprint density at radius 3 is 2.89 bits per heavy atom. The van der Waals surface area contributed by atoms with Crippen LogP contribution in [0.2, 0.25) is 0 Å². The summed E-state index contributed by atoms with van der Waals surface area (Å²) in [6.07, 6.45) is 7.42.